The van der Waals surface area contributed by atoms with Gasteiger partial charge >= 0.3 is 0 Å². The van der Waals surface area contributed by atoms with E-state index in [1.165, 1.54) is 11.1 Å². The van der Waals surface area contributed by atoms with Crippen LogP contribution in [0.3, 0.4) is 0 Å². The lowest BCUT2D eigenvalue weighted by Crippen LogP contribution is -2.02. The molecule has 2 aromatic rings. The first-order valence-electron chi connectivity index (χ1n) is 5.54. The highest BCUT2D eigenvalue weighted by Gasteiger charge is 2.04. The third-order valence-corrected chi connectivity index (χ3v) is 3.71. The summed E-state index contributed by atoms with van der Waals surface area (Å²) in [5.74, 6) is 0.578. The Morgan fingerprint density at radius 2 is 1.82 bits per heavy atom. The second-order valence-corrected chi connectivity index (χ2v) is 5.97. The number of nitrogens with zero attached hydrogens (tertiary/aromatic N) is 2. The van der Waals surface area contributed by atoms with Crippen molar-refractivity contribution in [2.24, 2.45) is 0 Å². The van der Waals surface area contributed by atoms with Crippen LogP contribution in [0.25, 0.3) is 0 Å². The van der Waals surface area contributed by atoms with Crippen LogP contribution in [-0.4, -0.2) is 9.78 Å². The third-order valence-electron chi connectivity index (χ3n) is 2.68. The highest BCUT2D eigenvalue weighted by Crippen LogP contribution is 2.19. The van der Waals surface area contributed by atoms with Crippen LogP contribution >= 0.6 is 31.9 Å². The summed E-state index contributed by atoms with van der Waals surface area (Å²) in [5.41, 5.74) is 2.63. The van der Waals surface area contributed by atoms with Gasteiger partial charge in [0.05, 0.1) is 6.54 Å². The van der Waals surface area contributed by atoms with Crippen molar-refractivity contribution in [2.45, 2.75) is 26.3 Å². The number of hydrogen-bond acceptors (Lipinski definition) is 1. The molecule has 4 heteroatoms. The molecule has 1 aromatic carbocycles. The number of benzene rings is 1. The zero-order valence-corrected chi connectivity index (χ0v) is 13.0. The van der Waals surface area contributed by atoms with Crippen LogP contribution in [0.15, 0.2) is 39.5 Å². The molecule has 0 aliphatic heterocycles. The zero-order valence-electron chi connectivity index (χ0n) is 9.82. The van der Waals surface area contributed by atoms with E-state index in [0.717, 1.165) is 15.8 Å². The Labute approximate surface area is 118 Å². The Morgan fingerprint density at radius 3 is 2.29 bits per heavy atom. The van der Waals surface area contributed by atoms with Gasteiger partial charge in [-0.3, -0.25) is 4.68 Å². The van der Waals surface area contributed by atoms with Gasteiger partial charge in [0.2, 0.25) is 0 Å². The highest BCUT2D eigenvalue weighted by molar-refractivity contribution is 9.11. The molecule has 0 aliphatic rings. The normalized spacial score (nSPS) is 11.1. The molecule has 0 spiro atoms. The van der Waals surface area contributed by atoms with Gasteiger partial charge in [-0.05, 0) is 48.9 Å². The number of hydrogen-bond donors (Lipinski definition) is 0. The third kappa shape index (κ3) is 3.19. The van der Waals surface area contributed by atoms with Crippen molar-refractivity contribution in [1.82, 2.24) is 9.78 Å². The van der Waals surface area contributed by atoms with Crippen LogP contribution in [0, 0.1) is 0 Å². The first-order valence-corrected chi connectivity index (χ1v) is 7.12. The summed E-state index contributed by atoms with van der Waals surface area (Å²) in [4.78, 5) is 0. The molecule has 0 atom stereocenters. The van der Waals surface area contributed by atoms with Crippen molar-refractivity contribution in [2.75, 3.05) is 0 Å². The first-order chi connectivity index (χ1) is 8.06. The Kier molecular flexibility index (Phi) is 4.05. The Morgan fingerprint density at radius 1 is 1.18 bits per heavy atom. The van der Waals surface area contributed by atoms with Crippen LogP contribution in [0.1, 0.15) is 30.9 Å². The minimum Gasteiger partial charge on any atom is -0.253 e. The fourth-order valence-electron chi connectivity index (χ4n) is 1.66. The maximum absolute atomic E-state index is 4.35. The van der Waals surface area contributed by atoms with E-state index < -0.39 is 0 Å². The smallest absolute Gasteiger partial charge is 0.129 e. The maximum atomic E-state index is 4.35. The summed E-state index contributed by atoms with van der Waals surface area (Å²) in [6.45, 7) is 5.19. The molecular formula is C13H14Br2N2. The molecule has 2 rings (SSSR count). The van der Waals surface area contributed by atoms with E-state index in [1.54, 1.807) is 0 Å². The van der Waals surface area contributed by atoms with Crippen LogP contribution in [0.2, 0.25) is 0 Å². The molecule has 0 radical (unpaired) electrons. The van der Waals surface area contributed by atoms with Gasteiger partial charge in [-0.1, -0.05) is 38.1 Å². The summed E-state index contributed by atoms with van der Waals surface area (Å²) >= 11 is 6.85. The largest absolute Gasteiger partial charge is 0.253 e. The summed E-state index contributed by atoms with van der Waals surface area (Å²) in [6.07, 6.45) is 0. The first kappa shape index (κ1) is 12.8. The molecule has 0 saturated carbocycles. The lowest BCUT2D eigenvalue weighted by molar-refractivity contribution is 0.666. The van der Waals surface area contributed by atoms with Gasteiger partial charge in [0.1, 0.15) is 9.21 Å². The maximum Gasteiger partial charge on any atom is 0.129 e. The van der Waals surface area contributed by atoms with Gasteiger partial charge in [-0.25, -0.2) is 0 Å². The van der Waals surface area contributed by atoms with E-state index in [9.17, 15) is 0 Å². The fraction of sp³-hybridized carbons (Fsp3) is 0.308. The average Bonchev–Trinajstić information content (AvgIpc) is 2.58. The average molecular weight is 358 g/mol. The van der Waals surface area contributed by atoms with E-state index in [-0.39, 0.29) is 0 Å². The summed E-state index contributed by atoms with van der Waals surface area (Å²) in [5, 5.41) is 4.35. The van der Waals surface area contributed by atoms with E-state index in [2.05, 4.69) is 75.1 Å². The van der Waals surface area contributed by atoms with Crippen LogP contribution in [-0.2, 0) is 6.54 Å². The molecule has 0 amide bonds. The summed E-state index contributed by atoms with van der Waals surface area (Å²) in [6, 6.07) is 10.6. The Bertz CT molecular complexity index is 501. The topological polar surface area (TPSA) is 17.8 Å². The monoisotopic (exact) mass is 356 g/mol. The van der Waals surface area contributed by atoms with Crippen LogP contribution < -0.4 is 0 Å². The fourth-order valence-corrected chi connectivity index (χ4v) is 2.79. The Hall–Kier alpha value is -0.610. The molecule has 0 saturated heterocycles. The lowest BCUT2D eigenvalue weighted by atomic mass is 10.0. The van der Waals surface area contributed by atoms with Crippen molar-refractivity contribution in [3.8, 4) is 0 Å². The molecule has 17 heavy (non-hydrogen) atoms. The molecule has 0 unspecified atom stereocenters. The van der Waals surface area contributed by atoms with Crippen LogP contribution in [0.4, 0.5) is 0 Å². The van der Waals surface area contributed by atoms with Crippen molar-refractivity contribution >= 4 is 31.9 Å². The molecule has 0 aliphatic carbocycles. The number of halogens is 2. The quantitative estimate of drug-likeness (QED) is 0.786. The van der Waals surface area contributed by atoms with Gasteiger partial charge in [-0.15, -0.1) is 0 Å². The van der Waals surface area contributed by atoms with Crippen molar-refractivity contribution in [3.63, 3.8) is 0 Å². The summed E-state index contributed by atoms with van der Waals surface area (Å²) < 4.78 is 3.76. The SMILES string of the molecule is CC(C)c1ccc(Cn2nc(Br)cc2Br)cc1. The molecular weight excluding hydrogens is 344 g/mol. The summed E-state index contributed by atoms with van der Waals surface area (Å²) in [7, 11) is 0. The predicted molar refractivity (Wildman–Crippen MR) is 77.3 cm³/mol. The predicted octanol–water partition coefficient (Wildman–Crippen LogP) is 4.58. The van der Waals surface area contributed by atoms with E-state index in [1.807, 2.05) is 10.7 Å². The standard InChI is InChI=1S/C13H14Br2N2/c1-9(2)11-5-3-10(4-6-11)8-17-13(15)7-12(14)16-17/h3-7,9H,8H2,1-2H3. The van der Waals surface area contributed by atoms with Crippen molar-refractivity contribution in [3.05, 3.63) is 50.7 Å². The van der Waals surface area contributed by atoms with Crippen LogP contribution in [0.5, 0.6) is 0 Å². The molecule has 1 heterocycles. The lowest BCUT2D eigenvalue weighted by Gasteiger charge is -2.07. The van der Waals surface area contributed by atoms with E-state index >= 15 is 0 Å². The van der Waals surface area contributed by atoms with Gasteiger partial charge in [0.15, 0.2) is 0 Å². The highest BCUT2D eigenvalue weighted by atomic mass is 79.9. The van der Waals surface area contributed by atoms with Crippen molar-refractivity contribution < 1.29 is 0 Å². The number of rotatable bonds is 3. The molecule has 0 bridgehead atoms. The molecule has 2 nitrogen and oxygen atoms in total. The zero-order chi connectivity index (χ0) is 12.4. The molecule has 1 aromatic heterocycles. The van der Waals surface area contributed by atoms with Gasteiger partial charge in [-0.2, -0.15) is 5.10 Å². The Balaban J connectivity index is 2.16. The second kappa shape index (κ2) is 5.36. The van der Waals surface area contributed by atoms with E-state index in [0.29, 0.717) is 5.92 Å². The van der Waals surface area contributed by atoms with Gasteiger partial charge in [0, 0.05) is 6.07 Å². The van der Waals surface area contributed by atoms with Gasteiger partial charge < -0.3 is 0 Å². The molecule has 0 fully saturated rings. The number of aromatic nitrogens is 2. The molecule has 0 N–H and O–H groups in total. The van der Waals surface area contributed by atoms with Gasteiger partial charge in [0.25, 0.3) is 0 Å². The molecule has 90 valence electrons. The minimum absolute atomic E-state index is 0.578. The minimum atomic E-state index is 0.578. The second-order valence-electron chi connectivity index (χ2n) is 4.34. The van der Waals surface area contributed by atoms with Crippen molar-refractivity contribution in [1.29, 1.82) is 0 Å². The van der Waals surface area contributed by atoms with E-state index in [4.69, 9.17) is 0 Å².